The molecule has 0 aliphatic carbocycles. The van der Waals surface area contributed by atoms with Gasteiger partial charge in [-0.1, -0.05) is 0 Å². The van der Waals surface area contributed by atoms with Crippen LogP contribution >= 0.6 is 20.0 Å². The number of nitrogens with zero attached hydrogens (tertiary/aromatic N) is 4. The van der Waals surface area contributed by atoms with E-state index in [4.69, 9.17) is 56.6 Å². The fourth-order valence-electron chi connectivity index (χ4n) is 5.54. The van der Waals surface area contributed by atoms with Crippen molar-refractivity contribution in [3.63, 3.8) is 0 Å². The van der Waals surface area contributed by atoms with E-state index < -0.39 is 62.8 Å². The summed E-state index contributed by atoms with van der Waals surface area (Å²) in [7, 11) is 15.2. The number of thiocarbonyl (C=S) groups is 1. The number of benzene rings is 1. The summed E-state index contributed by atoms with van der Waals surface area (Å²) < 4.78 is 36.9. The quantitative estimate of drug-likeness (QED) is 0.0440. The lowest BCUT2D eigenvalue weighted by molar-refractivity contribution is -0.158. The van der Waals surface area contributed by atoms with Gasteiger partial charge in [0, 0.05) is 118 Å². The summed E-state index contributed by atoms with van der Waals surface area (Å²) in [5.41, 5.74) is 0.759. The second-order valence-electron chi connectivity index (χ2n) is 13.7. The highest BCUT2D eigenvalue weighted by Crippen LogP contribution is 2.43. The largest absolute Gasteiger partial charge is 0.496 e. The van der Waals surface area contributed by atoms with E-state index in [2.05, 4.69) is 16.0 Å². The van der Waals surface area contributed by atoms with Gasteiger partial charge in [-0.3, -0.25) is 57.4 Å². The van der Waals surface area contributed by atoms with Crippen LogP contribution in [0.3, 0.4) is 0 Å². The van der Waals surface area contributed by atoms with Crippen LogP contribution in [-0.2, 0) is 51.9 Å². The highest BCUT2D eigenvalue weighted by molar-refractivity contribution is 7.80. The Hall–Kier alpha value is -4.12. The molecule has 338 valence electrons. The van der Waals surface area contributed by atoms with Gasteiger partial charge in [0.15, 0.2) is 22.8 Å². The zero-order chi connectivity index (χ0) is 45.5. The van der Waals surface area contributed by atoms with Gasteiger partial charge in [-0.25, -0.2) is 4.57 Å². The second kappa shape index (κ2) is 27.7. The van der Waals surface area contributed by atoms with E-state index in [1.165, 1.54) is 7.11 Å². The molecule has 1 aromatic carbocycles. The number of ketones is 2. The minimum absolute atomic E-state index is 0.00829. The molecule has 3 unspecified atom stereocenters. The first-order valence-electron chi connectivity index (χ1n) is 19.2. The Bertz CT molecular complexity index is 1670. The third kappa shape index (κ3) is 22.5. The molecule has 5 N–H and O–H groups in total. The van der Waals surface area contributed by atoms with Gasteiger partial charge in [0.25, 0.3) is 0 Å². The van der Waals surface area contributed by atoms with Crippen LogP contribution in [0, 0.1) is 21.1 Å². The number of amides is 1. The normalized spacial score (nSPS) is 17.0. The number of phosphoric acid groups is 1. The first kappa shape index (κ1) is 53.0. The van der Waals surface area contributed by atoms with Gasteiger partial charge in [0.1, 0.15) is 18.4 Å². The Kier molecular flexibility index (Phi) is 24.1. The van der Waals surface area contributed by atoms with Crippen molar-refractivity contribution in [1.82, 2.24) is 30.2 Å². The molecule has 1 amide bonds. The molecule has 21 nitrogen and oxygen atoms in total. The molecular formula is C38H56N7O14PS. The molecule has 1 heterocycles. The number of nitrogens with one attached hydrogen (secondary N) is 3. The predicted molar refractivity (Wildman–Crippen MR) is 222 cm³/mol. The molecule has 1 aliphatic heterocycles. The number of phosphoric ester groups is 1. The van der Waals surface area contributed by atoms with Crippen molar-refractivity contribution in [2.24, 2.45) is 0 Å². The van der Waals surface area contributed by atoms with Gasteiger partial charge in [0.2, 0.25) is 5.91 Å². The minimum atomic E-state index is -4.60. The van der Waals surface area contributed by atoms with E-state index in [9.17, 15) is 43.3 Å². The Balaban J connectivity index is 1.81. The van der Waals surface area contributed by atoms with Gasteiger partial charge in [-0.15, -0.1) is 0 Å². The molecule has 3 atom stereocenters. The zero-order valence-electron chi connectivity index (χ0n) is 34.6. The van der Waals surface area contributed by atoms with E-state index in [1.54, 1.807) is 37.8 Å². The summed E-state index contributed by atoms with van der Waals surface area (Å²) >= 11 is 5.37. The van der Waals surface area contributed by atoms with Crippen molar-refractivity contribution in [3.8, 4) is 5.75 Å². The van der Waals surface area contributed by atoms with E-state index in [1.807, 2.05) is 0 Å². The number of carboxylic acid groups (broad SMARTS) is 1. The van der Waals surface area contributed by atoms with Gasteiger partial charge < -0.3 is 40.2 Å². The molecule has 0 bridgehead atoms. The molecule has 1 fully saturated rings. The maximum absolute atomic E-state index is 12.8. The number of aliphatic carboxylic acids is 1. The average Bonchev–Trinajstić information content (AvgIpc) is 3.19. The van der Waals surface area contributed by atoms with Crippen LogP contribution in [0.15, 0.2) is 18.2 Å². The summed E-state index contributed by atoms with van der Waals surface area (Å²) in [6.07, 6.45) is -1.63. The van der Waals surface area contributed by atoms with Crippen LogP contribution < -0.4 is 20.7 Å². The van der Waals surface area contributed by atoms with Gasteiger partial charge in [-0.05, 0) is 36.8 Å². The first-order chi connectivity index (χ1) is 28.8. The Morgan fingerprint density at radius 3 is 1.95 bits per heavy atom. The van der Waals surface area contributed by atoms with Crippen molar-refractivity contribution in [2.45, 2.75) is 51.7 Å². The van der Waals surface area contributed by atoms with Gasteiger partial charge in [-0.2, -0.15) is 0 Å². The number of carbonyl (C=O) groups excluding carboxylic acids is 5. The van der Waals surface area contributed by atoms with Crippen LogP contribution in [0.4, 0.5) is 5.69 Å². The third-order valence-electron chi connectivity index (χ3n) is 8.72. The van der Waals surface area contributed by atoms with Crippen LogP contribution in [0.25, 0.3) is 0 Å². The average molecular weight is 898 g/mol. The molecule has 1 aromatic rings. The fourth-order valence-corrected chi connectivity index (χ4v) is 6.52. The minimum Gasteiger partial charge on any atom is -0.496 e. The van der Waals surface area contributed by atoms with E-state index in [-0.39, 0.29) is 69.4 Å². The number of Topliss-reactive ketones (excluding diaryl/α,β-unsaturated/α-hetero) is 2. The molecule has 0 aromatic heterocycles. The first-order valence-corrected chi connectivity index (χ1v) is 21.1. The number of rotatable bonds is 23. The third-order valence-corrected chi connectivity index (χ3v) is 9.95. The maximum Gasteiger partial charge on any atom is 0.472 e. The Morgan fingerprint density at radius 1 is 0.820 bits per heavy atom. The number of hydrogen-bond acceptors (Lipinski definition) is 17. The van der Waals surface area contributed by atoms with E-state index in [0.29, 0.717) is 56.3 Å². The van der Waals surface area contributed by atoms with Crippen LogP contribution in [0.5, 0.6) is 5.75 Å². The molecule has 23 heteroatoms. The van der Waals surface area contributed by atoms with E-state index >= 15 is 0 Å². The lowest BCUT2D eigenvalue weighted by atomic mass is 10.0. The highest BCUT2D eigenvalue weighted by atomic mass is 32.1. The number of carboxylic acids is 1. The van der Waals surface area contributed by atoms with Crippen molar-refractivity contribution in [3.05, 3.63) is 44.9 Å². The van der Waals surface area contributed by atoms with Crippen LogP contribution in [-0.4, -0.2) is 169 Å². The van der Waals surface area contributed by atoms with E-state index in [0.717, 1.165) is 13.8 Å². The summed E-state index contributed by atoms with van der Waals surface area (Å²) in [6, 6.07) is 3.67. The van der Waals surface area contributed by atoms with Crippen LogP contribution in [0.1, 0.15) is 51.1 Å². The molecule has 1 aliphatic rings. The molecular weight excluding hydrogens is 841 g/mol. The van der Waals surface area contributed by atoms with Gasteiger partial charge in [0.05, 0.1) is 33.4 Å². The number of carbonyl (C=O) groups is 6. The molecule has 2 rings (SSSR count). The number of esters is 2. The Morgan fingerprint density at radius 2 is 1.39 bits per heavy atom. The summed E-state index contributed by atoms with van der Waals surface area (Å²) in [5, 5.41) is 18.7. The topological polar surface area (TPSA) is 255 Å². The zero-order valence-corrected chi connectivity index (χ0v) is 36.3. The molecule has 0 spiro atoms. The van der Waals surface area contributed by atoms with Crippen molar-refractivity contribution in [1.29, 1.82) is 0 Å². The highest BCUT2D eigenvalue weighted by Gasteiger charge is 2.31. The lowest BCUT2D eigenvalue weighted by Gasteiger charge is -2.34. The number of hydrogen-bond donors (Lipinski definition) is 5. The Labute approximate surface area is 362 Å². The predicted octanol–water partition coefficient (Wildman–Crippen LogP) is 0.778. The SMILES string of the molecule is [CH]N1CCN([CH])CCN(C(C(=O)O)c2cc(NC(=S)NCC(=O)CCC(=O)NCC(=O)CCCOP(=O)(O)OCC(COC(C)=O)OC(C)=O)ccc2OC)CCN([CH])CC1. The molecule has 1 saturated heterocycles. The summed E-state index contributed by atoms with van der Waals surface area (Å²) in [4.78, 5) is 88.5. The summed E-state index contributed by atoms with van der Waals surface area (Å²) in [6.45, 7) is 3.49. The molecule has 61 heavy (non-hydrogen) atoms. The van der Waals surface area contributed by atoms with Crippen LogP contribution in [0.2, 0.25) is 0 Å². The molecule has 6 radical (unpaired) electrons. The number of ether oxygens (including phenoxy) is 3. The molecule has 0 saturated carbocycles. The number of methoxy groups -OCH3 is 1. The second-order valence-corrected chi connectivity index (χ2v) is 15.6. The van der Waals surface area contributed by atoms with Crippen molar-refractivity contribution in [2.75, 3.05) is 97.7 Å². The number of anilines is 1. The lowest BCUT2D eigenvalue weighted by Crippen LogP contribution is -2.45. The maximum atomic E-state index is 12.8. The monoisotopic (exact) mass is 897 g/mol. The fraction of sp³-hybridized carbons (Fsp3) is 0.579. The summed E-state index contributed by atoms with van der Waals surface area (Å²) in [5.74, 6) is -3.51. The van der Waals surface area contributed by atoms with Crippen molar-refractivity contribution < 1.29 is 66.6 Å². The smallest absolute Gasteiger partial charge is 0.472 e. The standard InChI is InChI=1S/C38H56N7O14PS/c1-27(46)56-25-32(59-28(2)47)26-58-60(53,54)57-21-7-8-30(48)23-39-35(50)12-10-31(49)24-40-38(61)41-29-9-11-34(55-6)33(22-29)36(37(51)52)45-19-17-43(4)15-13-42(3)14-16-44(5)18-20-45/h3-5,9,11,22,32,36H,7-8,10,12-21,23-26H2,1-2,6H3,(H,39,50)(H,51,52)(H,53,54)(H2,40,41,61). The van der Waals surface area contributed by atoms with Crippen molar-refractivity contribution >= 4 is 66.2 Å². The van der Waals surface area contributed by atoms with Gasteiger partial charge >= 0.3 is 25.7 Å².